The first kappa shape index (κ1) is 18.7. The second-order valence-electron chi connectivity index (χ2n) is 6.10. The van der Waals surface area contributed by atoms with Gasteiger partial charge in [0.05, 0.1) is 17.7 Å². The summed E-state index contributed by atoms with van der Waals surface area (Å²) in [6, 6.07) is 25.1. The lowest BCUT2D eigenvalue weighted by Gasteiger charge is -2.23. The largest absolute Gasteiger partial charge is 0.416 e. The van der Waals surface area contributed by atoms with E-state index in [1.54, 1.807) is 0 Å². The van der Waals surface area contributed by atoms with E-state index < -0.39 is 17.8 Å². The lowest BCUT2D eigenvalue weighted by Crippen LogP contribution is -2.26. The van der Waals surface area contributed by atoms with Gasteiger partial charge in [-0.2, -0.15) is 18.4 Å². The molecule has 3 aromatic carbocycles. The topological polar surface area (TPSA) is 35.8 Å². The van der Waals surface area contributed by atoms with Crippen molar-refractivity contribution in [2.24, 2.45) is 0 Å². The Hall–Kier alpha value is -3.10. The highest BCUT2D eigenvalue weighted by molar-refractivity contribution is 5.35. The maximum atomic E-state index is 12.8. The molecular weight excluding hydrogens is 349 g/mol. The van der Waals surface area contributed by atoms with Gasteiger partial charge in [-0.05, 0) is 28.8 Å². The highest BCUT2D eigenvalue weighted by Gasteiger charge is 2.30. The number of nitriles is 1. The molecule has 0 aliphatic carbocycles. The fourth-order valence-electron chi connectivity index (χ4n) is 2.92. The lowest BCUT2D eigenvalue weighted by atomic mass is 9.96. The van der Waals surface area contributed by atoms with E-state index in [0.29, 0.717) is 5.56 Å². The zero-order chi connectivity index (χ0) is 19.3. The minimum Gasteiger partial charge on any atom is -0.287 e. The maximum Gasteiger partial charge on any atom is 0.416 e. The molecule has 1 atom stereocenters. The van der Waals surface area contributed by atoms with Crippen LogP contribution >= 0.6 is 0 Å². The summed E-state index contributed by atoms with van der Waals surface area (Å²) in [7, 11) is 0. The summed E-state index contributed by atoms with van der Waals surface area (Å²) in [4.78, 5) is 0. The molecule has 0 bridgehead atoms. The van der Waals surface area contributed by atoms with Gasteiger partial charge in [0.1, 0.15) is 6.04 Å². The molecular formula is C22H17F3N2. The van der Waals surface area contributed by atoms with Gasteiger partial charge < -0.3 is 0 Å². The number of rotatable bonds is 5. The van der Waals surface area contributed by atoms with Crippen LogP contribution in [-0.2, 0) is 6.18 Å². The maximum absolute atomic E-state index is 12.8. The summed E-state index contributed by atoms with van der Waals surface area (Å²) in [6.07, 6.45) is -4.40. The summed E-state index contributed by atoms with van der Waals surface area (Å²) in [5, 5.41) is 12.9. The first-order valence-electron chi connectivity index (χ1n) is 8.42. The van der Waals surface area contributed by atoms with Crippen LogP contribution in [0.15, 0.2) is 84.9 Å². The highest BCUT2D eigenvalue weighted by Crippen LogP contribution is 2.31. The van der Waals surface area contributed by atoms with Gasteiger partial charge in [0.15, 0.2) is 0 Å². The average Bonchev–Trinajstić information content (AvgIpc) is 2.70. The van der Waals surface area contributed by atoms with Crippen molar-refractivity contribution >= 4 is 0 Å². The van der Waals surface area contributed by atoms with Crippen molar-refractivity contribution in [3.8, 4) is 6.07 Å². The van der Waals surface area contributed by atoms with Crippen LogP contribution in [0.25, 0.3) is 0 Å². The monoisotopic (exact) mass is 366 g/mol. The van der Waals surface area contributed by atoms with Crippen LogP contribution in [0.4, 0.5) is 13.2 Å². The number of benzene rings is 3. The number of halogens is 3. The van der Waals surface area contributed by atoms with Crippen LogP contribution in [-0.4, -0.2) is 0 Å². The van der Waals surface area contributed by atoms with Crippen LogP contribution in [0.5, 0.6) is 0 Å². The predicted octanol–water partition coefficient (Wildman–Crippen LogP) is 5.65. The molecule has 0 heterocycles. The molecule has 2 nitrogen and oxygen atoms in total. The van der Waals surface area contributed by atoms with E-state index >= 15 is 0 Å². The van der Waals surface area contributed by atoms with Gasteiger partial charge >= 0.3 is 6.18 Å². The summed E-state index contributed by atoms with van der Waals surface area (Å²) in [6.45, 7) is 0. The Balaban J connectivity index is 1.91. The second kappa shape index (κ2) is 8.07. The minimum absolute atomic E-state index is 0.264. The van der Waals surface area contributed by atoms with E-state index in [4.69, 9.17) is 0 Å². The Labute approximate surface area is 155 Å². The standard InChI is InChI=1S/C22H17F3N2/c23-22(24,25)19-13-11-16(12-14-19)20(15-26)27-21(17-7-3-1-4-8-17)18-9-5-2-6-10-18/h1-14,20-21,27H/t20-/m1/s1. The molecule has 3 rings (SSSR count). The number of nitrogens with one attached hydrogen (secondary N) is 1. The smallest absolute Gasteiger partial charge is 0.287 e. The Bertz CT molecular complexity index is 859. The lowest BCUT2D eigenvalue weighted by molar-refractivity contribution is -0.137. The number of nitrogens with zero attached hydrogens (tertiary/aromatic N) is 1. The normalized spacial score (nSPS) is 12.6. The van der Waals surface area contributed by atoms with Crippen molar-refractivity contribution < 1.29 is 13.2 Å². The van der Waals surface area contributed by atoms with Gasteiger partial charge in [0, 0.05) is 0 Å². The predicted molar refractivity (Wildman–Crippen MR) is 97.7 cm³/mol. The van der Waals surface area contributed by atoms with Gasteiger partial charge in [-0.1, -0.05) is 72.8 Å². The van der Waals surface area contributed by atoms with E-state index in [-0.39, 0.29) is 6.04 Å². The van der Waals surface area contributed by atoms with E-state index in [9.17, 15) is 18.4 Å². The molecule has 0 amide bonds. The third-order valence-corrected chi connectivity index (χ3v) is 4.30. The molecule has 0 radical (unpaired) electrons. The molecule has 0 aliphatic heterocycles. The van der Waals surface area contributed by atoms with E-state index in [1.165, 1.54) is 12.1 Å². The van der Waals surface area contributed by atoms with Crippen molar-refractivity contribution in [2.45, 2.75) is 18.3 Å². The van der Waals surface area contributed by atoms with Gasteiger partial charge in [-0.3, -0.25) is 5.32 Å². The third-order valence-electron chi connectivity index (χ3n) is 4.30. The van der Waals surface area contributed by atoms with Crippen molar-refractivity contribution in [3.05, 3.63) is 107 Å². The Morgan fingerprint density at radius 1 is 0.704 bits per heavy atom. The molecule has 1 N–H and O–H groups in total. The van der Waals surface area contributed by atoms with Crippen molar-refractivity contribution in [3.63, 3.8) is 0 Å². The molecule has 0 fully saturated rings. The van der Waals surface area contributed by atoms with Gasteiger partial charge in [-0.25, -0.2) is 0 Å². The third kappa shape index (κ3) is 4.55. The summed E-state index contributed by atoms with van der Waals surface area (Å²) >= 11 is 0. The van der Waals surface area contributed by atoms with E-state index in [2.05, 4.69) is 11.4 Å². The fourth-order valence-corrected chi connectivity index (χ4v) is 2.92. The Morgan fingerprint density at radius 3 is 1.59 bits per heavy atom. The van der Waals surface area contributed by atoms with Crippen LogP contribution in [0, 0.1) is 11.3 Å². The molecule has 0 aliphatic rings. The molecule has 0 aromatic heterocycles. The van der Waals surface area contributed by atoms with Gasteiger partial charge in [0.25, 0.3) is 0 Å². The van der Waals surface area contributed by atoms with E-state index in [0.717, 1.165) is 23.3 Å². The Kier molecular flexibility index (Phi) is 5.58. The van der Waals surface area contributed by atoms with Crippen LogP contribution in [0.2, 0.25) is 0 Å². The molecule has 27 heavy (non-hydrogen) atoms. The van der Waals surface area contributed by atoms with Crippen molar-refractivity contribution in [2.75, 3.05) is 0 Å². The second-order valence-corrected chi connectivity index (χ2v) is 6.10. The molecule has 0 saturated heterocycles. The summed E-state index contributed by atoms with van der Waals surface area (Å²) in [5.41, 5.74) is 1.69. The summed E-state index contributed by atoms with van der Waals surface area (Å²) in [5.74, 6) is 0. The molecule has 0 unspecified atom stereocenters. The first-order chi connectivity index (χ1) is 13.0. The van der Waals surface area contributed by atoms with E-state index in [1.807, 2.05) is 60.7 Å². The van der Waals surface area contributed by atoms with Gasteiger partial charge in [-0.15, -0.1) is 0 Å². The van der Waals surface area contributed by atoms with Crippen molar-refractivity contribution in [1.82, 2.24) is 5.32 Å². The quantitative estimate of drug-likeness (QED) is 0.633. The molecule has 5 heteroatoms. The van der Waals surface area contributed by atoms with Crippen LogP contribution in [0.1, 0.15) is 34.3 Å². The zero-order valence-electron chi connectivity index (χ0n) is 14.3. The average molecular weight is 366 g/mol. The first-order valence-corrected chi connectivity index (χ1v) is 8.42. The molecule has 0 spiro atoms. The minimum atomic E-state index is -4.40. The highest BCUT2D eigenvalue weighted by atomic mass is 19.4. The van der Waals surface area contributed by atoms with Gasteiger partial charge in [0.2, 0.25) is 0 Å². The fraction of sp³-hybridized carbons (Fsp3) is 0.136. The zero-order valence-corrected chi connectivity index (χ0v) is 14.3. The Morgan fingerprint density at radius 2 is 1.19 bits per heavy atom. The number of alkyl halides is 3. The number of hydrogen-bond acceptors (Lipinski definition) is 2. The SMILES string of the molecule is N#C[C@@H](NC(c1ccccc1)c1ccccc1)c1ccc(C(F)(F)F)cc1. The van der Waals surface area contributed by atoms with Crippen molar-refractivity contribution in [1.29, 1.82) is 5.26 Å². The molecule has 3 aromatic rings. The number of hydrogen-bond donors (Lipinski definition) is 1. The molecule has 136 valence electrons. The molecule has 0 saturated carbocycles. The summed E-state index contributed by atoms with van der Waals surface area (Å²) < 4.78 is 38.3. The van der Waals surface area contributed by atoms with Crippen LogP contribution in [0.3, 0.4) is 0 Å². The van der Waals surface area contributed by atoms with Crippen LogP contribution < -0.4 is 5.32 Å².